The van der Waals surface area contributed by atoms with Gasteiger partial charge in [-0.3, -0.25) is 4.90 Å². The van der Waals surface area contributed by atoms with Crippen LogP contribution in [0, 0.1) is 11.3 Å². The van der Waals surface area contributed by atoms with Crippen LogP contribution in [0.4, 0.5) is 0 Å². The van der Waals surface area contributed by atoms with Crippen LogP contribution in [0.3, 0.4) is 0 Å². The second-order valence-corrected chi connectivity index (χ2v) is 6.85. The Morgan fingerprint density at radius 3 is 2.50 bits per heavy atom. The standard InChI is InChI=1S/C17H28N2O/c1-17(2,3)15-8-9-19(13-15)10-11-20-16-6-4-14(12-18)5-7-16/h4-7,15H,8-13,18H2,1-3H3. The SMILES string of the molecule is CC(C)(C)C1CCN(CCOc2ccc(CN)cc2)C1. The van der Waals surface area contributed by atoms with Crippen LogP contribution in [0.2, 0.25) is 0 Å². The van der Waals surface area contributed by atoms with Gasteiger partial charge >= 0.3 is 0 Å². The number of hydrogen-bond acceptors (Lipinski definition) is 3. The van der Waals surface area contributed by atoms with Gasteiger partial charge in [-0.05, 0) is 42.0 Å². The second-order valence-electron chi connectivity index (χ2n) is 6.85. The van der Waals surface area contributed by atoms with Crippen molar-refractivity contribution < 1.29 is 4.74 Å². The summed E-state index contributed by atoms with van der Waals surface area (Å²) in [5.74, 6) is 1.75. The summed E-state index contributed by atoms with van der Waals surface area (Å²) in [4.78, 5) is 2.52. The van der Waals surface area contributed by atoms with E-state index in [0.717, 1.165) is 30.4 Å². The smallest absolute Gasteiger partial charge is 0.119 e. The van der Waals surface area contributed by atoms with Crippen LogP contribution in [-0.4, -0.2) is 31.1 Å². The van der Waals surface area contributed by atoms with E-state index in [0.29, 0.717) is 12.0 Å². The number of nitrogens with two attached hydrogens (primary N) is 1. The number of benzene rings is 1. The van der Waals surface area contributed by atoms with Gasteiger partial charge in [0.1, 0.15) is 12.4 Å². The van der Waals surface area contributed by atoms with E-state index in [1.54, 1.807) is 0 Å². The highest BCUT2D eigenvalue weighted by Gasteiger charge is 2.31. The topological polar surface area (TPSA) is 38.5 Å². The Labute approximate surface area is 123 Å². The molecule has 112 valence electrons. The third-order valence-corrected chi connectivity index (χ3v) is 4.33. The number of ether oxygens (including phenoxy) is 1. The molecule has 1 aromatic carbocycles. The quantitative estimate of drug-likeness (QED) is 0.898. The summed E-state index contributed by atoms with van der Waals surface area (Å²) in [5.41, 5.74) is 7.15. The Hall–Kier alpha value is -1.06. The van der Waals surface area contributed by atoms with Gasteiger partial charge in [-0.25, -0.2) is 0 Å². The monoisotopic (exact) mass is 276 g/mol. The summed E-state index contributed by atoms with van der Waals surface area (Å²) < 4.78 is 5.81. The number of hydrogen-bond donors (Lipinski definition) is 1. The normalized spacial score (nSPS) is 20.3. The molecule has 2 rings (SSSR count). The molecule has 1 heterocycles. The van der Waals surface area contributed by atoms with Gasteiger partial charge in [-0.1, -0.05) is 32.9 Å². The largest absolute Gasteiger partial charge is 0.492 e. The van der Waals surface area contributed by atoms with Crippen molar-refractivity contribution in [2.45, 2.75) is 33.7 Å². The van der Waals surface area contributed by atoms with E-state index in [1.165, 1.54) is 19.5 Å². The highest BCUT2D eigenvalue weighted by Crippen LogP contribution is 2.33. The zero-order valence-electron chi connectivity index (χ0n) is 13.1. The molecule has 0 saturated carbocycles. The first kappa shape index (κ1) is 15.3. The first-order valence-corrected chi connectivity index (χ1v) is 7.63. The van der Waals surface area contributed by atoms with Crippen LogP contribution >= 0.6 is 0 Å². The van der Waals surface area contributed by atoms with Crippen molar-refractivity contribution in [3.05, 3.63) is 29.8 Å². The van der Waals surface area contributed by atoms with Gasteiger partial charge in [-0.15, -0.1) is 0 Å². The number of likely N-dealkylation sites (tertiary alicyclic amines) is 1. The Balaban J connectivity index is 1.71. The van der Waals surface area contributed by atoms with Crippen molar-refractivity contribution in [2.75, 3.05) is 26.2 Å². The van der Waals surface area contributed by atoms with E-state index >= 15 is 0 Å². The first-order valence-electron chi connectivity index (χ1n) is 7.63. The molecule has 2 N–H and O–H groups in total. The fourth-order valence-corrected chi connectivity index (χ4v) is 2.76. The summed E-state index contributed by atoms with van der Waals surface area (Å²) >= 11 is 0. The summed E-state index contributed by atoms with van der Waals surface area (Å²) in [6.45, 7) is 11.8. The summed E-state index contributed by atoms with van der Waals surface area (Å²) in [5, 5.41) is 0. The minimum absolute atomic E-state index is 0.424. The molecule has 0 spiro atoms. The van der Waals surface area contributed by atoms with E-state index in [2.05, 4.69) is 25.7 Å². The lowest BCUT2D eigenvalue weighted by Gasteiger charge is -2.27. The van der Waals surface area contributed by atoms with Crippen molar-refractivity contribution in [2.24, 2.45) is 17.1 Å². The molecule has 3 heteroatoms. The van der Waals surface area contributed by atoms with E-state index < -0.39 is 0 Å². The molecule has 1 aromatic rings. The van der Waals surface area contributed by atoms with Gasteiger partial charge < -0.3 is 10.5 Å². The molecule has 1 aliphatic rings. The van der Waals surface area contributed by atoms with Crippen LogP contribution < -0.4 is 10.5 Å². The fourth-order valence-electron chi connectivity index (χ4n) is 2.76. The van der Waals surface area contributed by atoms with E-state index in [-0.39, 0.29) is 0 Å². The third kappa shape index (κ3) is 4.22. The molecule has 1 fully saturated rings. The minimum atomic E-state index is 0.424. The molecule has 1 atom stereocenters. The van der Waals surface area contributed by atoms with Crippen molar-refractivity contribution in [1.29, 1.82) is 0 Å². The van der Waals surface area contributed by atoms with Crippen LogP contribution in [0.25, 0.3) is 0 Å². The zero-order valence-corrected chi connectivity index (χ0v) is 13.1. The predicted octanol–water partition coefficient (Wildman–Crippen LogP) is 2.89. The van der Waals surface area contributed by atoms with E-state index in [1.807, 2.05) is 24.3 Å². The van der Waals surface area contributed by atoms with Gasteiger partial charge in [0.05, 0.1) is 0 Å². The van der Waals surface area contributed by atoms with E-state index in [4.69, 9.17) is 10.5 Å². The van der Waals surface area contributed by atoms with Crippen molar-refractivity contribution in [3.8, 4) is 5.75 Å². The Kier molecular flexibility index (Phi) is 5.06. The fraction of sp³-hybridized carbons (Fsp3) is 0.647. The molecular formula is C17H28N2O. The molecule has 1 aliphatic heterocycles. The van der Waals surface area contributed by atoms with Gasteiger partial charge in [0, 0.05) is 19.6 Å². The predicted molar refractivity (Wildman–Crippen MR) is 83.8 cm³/mol. The van der Waals surface area contributed by atoms with Gasteiger partial charge in [0.25, 0.3) is 0 Å². The molecular weight excluding hydrogens is 248 g/mol. The van der Waals surface area contributed by atoms with E-state index in [9.17, 15) is 0 Å². The lowest BCUT2D eigenvalue weighted by atomic mass is 9.80. The molecule has 0 bridgehead atoms. The average Bonchev–Trinajstić information content (AvgIpc) is 2.88. The van der Waals surface area contributed by atoms with Crippen molar-refractivity contribution >= 4 is 0 Å². The lowest BCUT2D eigenvalue weighted by molar-refractivity contribution is 0.203. The lowest BCUT2D eigenvalue weighted by Crippen LogP contribution is -2.29. The Bertz CT molecular complexity index is 408. The van der Waals surface area contributed by atoms with Gasteiger partial charge in [0.2, 0.25) is 0 Å². The van der Waals surface area contributed by atoms with Crippen LogP contribution in [0.1, 0.15) is 32.8 Å². The molecule has 0 radical (unpaired) electrons. The van der Waals surface area contributed by atoms with Crippen molar-refractivity contribution in [1.82, 2.24) is 4.90 Å². The highest BCUT2D eigenvalue weighted by molar-refractivity contribution is 5.27. The van der Waals surface area contributed by atoms with Crippen LogP contribution in [-0.2, 0) is 6.54 Å². The number of rotatable bonds is 5. The van der Waals surface area contributed by atoms with Crippen LogP contribution in [0.5, 0.6) is 5.75 Å². The molecule has 0 aromatic heterocycles. The van der Waals surface area contributed by atoms with Crippen LogP contribution in [0.15, 0.2) is 24.3 Å². The molecule has 20 heavy (non-hydrogen) atoms. The highest BCUT2D eigenvalue weighted by atomic mass is 16.5. The maximum Gasteiger partial charge on any atom is 0.119 e. The summed E-state index contributed by atoms with van der Waals surface area (Å²) in [6, 6.07) is 8.07. The van der Waals surface area contributed by atoms with Gasteiger partial charge in [-0.2, -0.15) is 0 Å². The molecule has 1 unspecified atom stereocenters. The molecule has 3 nitrogen and oxygen atoms in total. The molecule has 0 aliphatic carbocycles. The molecule has 0 amide bonds. The third-order valence-electron chi connectivity index (χ3n) is 4.33. The average molecular weight is 276 g/mol. The molecule has 1 saturated heterocycles. The van der Waals surface area contributed by atoms with Crippen molar-refractivity contribution in [3.63, 3.8) is 0 Å². The number of nitrogens with zero attached hydrogens (tertiary/aromatic N) is 1. The maximum atomic E-state index is 5.81. The first-order chi connectivity index (χ1) is 9.49. The zero-order chi connectivity index (χ0) is 14.6. The summed E-state index contributed by atoms with van der Waals surface area (Å²) in [6.07, 6.45) is 1.31. The Morgan fingerprint density at radius 2 is 1.95 bits per heavy atom. The second kappa shape index (κ2) is 6.59. The Morgan fingerprint density at radius 1 is 1.25 bits per heavy atom. The minimum Gasteiger partial charge on any atom is -0.492 e. The summed E-state index contributed by atoms with van der Waals surface area (Å²) in [7, 11) is 0. The van der Waals surface area contributed by atoms with Gasteiger partial charge in [0.15, 0.2) is 0 Å². The maximum absolute atomic E-state index is 5.81.